The van der Waals surface area contributed by atoms with Gasteiger partial charge in [0.2, 0.25) is 5.91 Å². The van der Waals surface area contributed by atoms with Crippen LogP contribution in [0.3, 0.4) is 0 Å². The standard InChI is InChI=1S/C21H22N2O5S/c1-11(2)18(23-20(26)17-5-4-8-29-17)21(27)28-10-16(24)13-6-7-15-14(9-13)12(3)19(25)22-15/h4-9,11-12,18H,10H2,1-3H3,(H,22,25)(H,23,26)/t12-,18-/m0/s1. The lowest BCUT2D eigenvalue weighted by Crippen LogP contribution is -2.45. The molecule has 0 radical (unpaired) electrons. The first-order valence-electron chi connectivity index (χ1n) is 9.27. The van der Waals surface area contributed by atoms with Crippen LogP contribution in [0.5, 0.6) is 0 Å². The number of hydrogen-bond donors (Lipinski definition) is 2. The highest BCUT2D eigenvalue weighted by Gasteiger charge is 2.29. The quantitative estimate of drug-likeness (QED) is 0.536. The van der Waals surface area contributed by atoms with E-state index in [1.807, 2.05) is 0 Å². The van der Waals surface area contributed by atoms with Crippen LogP contribution in [0.4, 0.5) is 5.69 Å². The number of rotatable bonds is 7. The summed E-state index contributed by atoms with van der Waals surface area (Å²) in [6, 6.07) is 7.46. The molecule has 1 aliphatic rings. The fourth-order valence-corrected chi connectivity index (χ4v) is 3.64. The highest BCUT2D eigenvalue weighted by atomic mass is 32.1. The van der Waals surface area contributed by atoms with Crippen molar-refractivity contribution in [2.75, 3.05) is 11.9 Å². The van der Waals surface area contributed by atoms with Crippen LogP contribution >= 0.6 is 11.3 Å². The maximum atomic E-state index is 12.5. The third-order valence-electron chi connectivity index (χ3n) is 4.79. The van der Waals surface area contributed by atoms with E-state index >= 15 is 0 Å². The Labute approximate surface area is 172 Å². The summed E-state index contributed by atoms with van der Waals surface area (Å²) in [5.74, 6) is -2.05. The zero-order chi connectivity index (χ0) is 21.1. The molecule has 2 N–H and O–H groups in total. The average molecular weight is 414 g/mol. The number of nitrogens with one attached hydrogen (secondary N) is 2. The van der Waals surface area contributed by atoms with E-state index in [1.165, 1.54) is 11.3 Å². The molecule has 0 saturated heterocycles. The van der Waals surface area contributed by atoms with Crippen LogP contribution in [0.2, 0.25) is 0 Å². The fourth-order valence-electron chi connectivity index (χ4n) is 3.02. The van der Waals surface area contributed by atoms with Crippen molar-refractivity contribution in [3.8, 4) is 0 Å². The summed E-state index contributed by atoms with van der Waals surface area (Å²) >= 11 is 1.27. The van der Waals surface area contributed by atoms with Crippen molar-refractivity contribution in [1.29, 1.82) is 0 Å². The number of ketones is 1. The van der Waals surface area contributed by atoms with Gasteiger partial charge in [0.15, 0.2) is 12.4 Å². The number of esters is 1. The van der Waals surface area contributed by atoms with Gasteiger partial charge < -0.3 is 15.4 Å². The summed E-state index contributed by atoms with van der Waals surface area (Å²) in [7, 11) is 0. The van der Waals surface area contributed by atoms with Gasteiger partial charge in [-0.1, -0.05) is 19.9 Å². The molecular formula is C21H22N2O5S. The molecule has 29 heavy (non-hydrogen) atoms. The number of fused-ring (bicyclic) bond motifs is 1. The van der Waals surface area contributed by atoms with Crippen LogP contribution < -0.4 is 10.6 Å². The Morgan fingerprint density at radius 2 is 2.00 bits per heavy atom. The zero-order valence-corrected chi connectivity index (χ0v) is 17.2. The van der Waals surface area contributed by atoms with Gasteiger partial charge in [-0.15, -0.1) is 11.3 Å². The molecule has 1 aromatic carbocycles. The van der Waals surface area contributed by atoms with E-state index in [9.17, 15) is 19.2 Å². The van der Waals surface area contributed by atoms with Crippen LogP contribution in [0.15, 0.2) is 35.7 Å². The first-order chi connectivity index (χ1) is 13.8. The molecule has 152 valence electrons. The third kappa shape index (κ3) is 4.54. The predicted molar refractivity (Wildman–Crippen MR) is 109 cm³/mol. The second kappa shape index (κ2) is 8.57. The maximum absolute atomic E-state index is 12.5. The highest BCUT2D eigenvalue weighted by molar-refractivity contribution is 7.12. The molecule has 0 fully saturated rings. The largest absolute Gasteiger partial charge is 0.456 e. The van der Waals surface area contributed by atoms with Gasteiger partial charge in [-0.05, 0) is 48.1 Å². The van der Waals surface area contributed by atoms with Gasteiger partial charge in [0.05, 0.1) is 10.8 Å². The maximum Gasteiger partial charge on any atom is 0.329 e. The van der Waals surface area contributed by atoms with Crippen LogP contribution in [0, 0.1) is 5.92 Å². The van der Waals surface area contributed by atoms with Crippen LogP contribution in [0.25, 0.3) is 0 Å². The Morgan fingerprint density at radius 1 is 1.24 bits per heavy atom. The molecule has 0 unspecified atom stereocenters. The number of carbonyl (C=O) groups is 4. The van der Waals surface area contributed by atoms with Gasteiger partial charge in [0, 0.05) is 11.3 Å². The minimum Gasteiger partial charge on any atom is -0.456 e. The molecule has 2 aromatic rings. The second-order valence-electron chi connectivity index (χ2n) is 7.22. The van der Waals surface area contributed by atoms with Crippen LogP contribution in [-0.4, -0.2) is 36.2 Å². The monoisotopic (exact) mass is 414 g/mol. The van der Waals surface area contributed by atoms with Crippen molar-refractivity contribution in [2.24, 2.45) is 5.92 Å². The summed E-state index contributed by atoms with van der Waals surface area (Å²) in [4.78, 5) is 49.4. The van der Waals surface area contributed by atoms with E-state index in [-0.39, 0.29) is 29.4 Å². The summed E-state index contributed by atoms with van der Waals surface area (Å²) in [6.45, 7) is 4.90. The lowest BCUT2D eigenvalue weighted by molar-refractivity contribution is -0.146. The molecule has 7 nitrogen and oxygen atoms in total. The fraction of sp³-hybridized carbons (Fsp3) is 0.333. The predicted octanol–water partition coefficient (Wildman–Crippen LogP) is 2.98. The number of amides is 2. The molecule has 2 amide bonds. The van der Waals surface area contributed by atoms with E-state index in [0.29, 0.717) is 16.1 Å². The Balaban J connectivity index is 1.62. The highest BCUT2D eigenvalue weighted by Crippen LogP contribution is 2.32. The number of hydrogen-bond acceptors (Lipinski definition) is 6. The number of ether oxygens (including phenoxy) is 1. The minimum absolute atomic E-state index is 0.114. The molecule has 2 heterocycles. The Kier molecular flexibility index (Phi) is 6.12. The van der Waals surface area contributed by atoms with Crippen molar-refractivity contribution in [1.82, 2.24) is 5.32 Å². The first kappa shape index (κ1) is 20.7. The Morgan fingerprint density at radius 3 is 2.66 bits per heavy atom. The van der Waals surface area contributed by atoms with Gasteiger partial charge in [0.25, 0.3) is 5.91 Å². The van der Waals surface area contributed by atoms with Crippen molar-refractivity contribution >= 4 is 40.6 Å². The second-order valence-corrected chi connectivity index (χ2v) is 8.16. The molecule has 1 aliphatic heterocycles. The number of anilines is 1. The molecule has 1 aromatic heterocycles. The summed E-state index contributed by atoms with van der Waals surface area (Å²) in [5, 5.41) is 7.19. The summed E-state index contributed by atoms with van der Waals surface area (Å²) in [5.41, 5.74) is 1.80. The number of thiophene rings is 1. The van der Waals surface area contributed by atoms with Gasteiger partial charge in [-0.3, -0.25) is 14.4 Å². The number of carbonyl (C=O) groups excluding carboxylic acids is 4. The normalized spacial score (nSPS) is 16.1. The molecule has 2 atom stereocenters. The van der Waals surface area contributed by atoms with Gasteiger partial charge >= 0.3 is 5.97 Å². The third-order valence-corrected chi connectivity index (χ3v) is 5.66. The van der Waals surface area contributed by atoms with Gasteiger partial charge in [-0.2, -0.15) is 0 Å². The molecule has 0 saturated carbocycles. The summed E-state index contributed by atoms with van der Waals surface area (Å²) < 4.78 is 5.18. The van der Waals surface area contributed by atoms with Crippen molar-refractivity contribution in [3.63, 3.8) is 0 Å². The van der Waals surface area contributed by atoms with E-state index in [0.717, 1.165) is 5.56 Å². The topological polar surface area (TPSA) is 102 Å². The van der Waals surface area contributed by atoms with Gasteiger partial charge in [0.1, 0.15) is 6.04 Å². The van der Waals surface area contributed by atoms with E-state index in [4.69, 9.17) is 4.74 Å². The van der Waals surface area contributed by atoms with Crippen LogP contribution in [0.1, 0.15) is 52.3 Å². The van der Waals surface area contributed by atoms with Crippen molar-refractivity contribution in [3.05, 3.63) is 51.7 Å². The smallest absolute Gasteiger partial charge is 0.329 e. The van der Waals surface area contributed by atoms with E-state index in [2.05, 4.69) is 10.6 Å². The molecule has 0 spiro atoms. The minimum atomic E-state index is -0.862. The van der Waals surface area contributed by atoms with E-state index in [1.54, 1.807) is 56.5 Å². The summed E-state index contributed by atoms with van der Waals surface area (Å²) in [6.07, 6.45) is 0. The molecule has 0 bridgehead atoms. The molecular weight excluding hydrogens is 392 g/mol. The van der Waals surface area contributed by atoms with Crippen LogP contribution in [-0.2, 0) is 14.3 Å². The number of benzene rings is 1. The van der Waals surface area contributed by atoms with Crippen molar-refractivity contribution < 1.29 is 23.9 Å². The first-order valence-corrected chi connectivity index (χ1v) is 10.1. The molecule has 0 aliphatic carbocycles. The zero-order valence-electron chi connectivity index (χ0n) is 16.4. The lowest BCUT2D eigenvalue weighted by Gasteiger charge is -2.20. The SMILES string of the molecule is CC(C)[C@H](NC(=O)c1cccs1)C(=O)OCC(=O)c1ccc2c(c1)[C@H](C)C(=O)N2. The Hall–Kier alpha value is -3.00. The average Bonchev–Trinajstić information content (AvgIpc) is 3.32. The van der Waals surface area contributed by atoms with E-state index < -0.39 is 18.6 Å². The van der Waals surface area contributed by atoms with Crippen molar-refractivity contribution in [2.45, 2.75) is 32.7 Å². The van der Waals surface area contributed by atoms with Gasteiger partial charge in [-0.25, -0.2) is 4.79 Å². The Bertz CT molecular complexity index is 952. The number of Topliss-reactive ketones (excluding diaryl/α,β-unsaturated/α-hetero) is 1. The lowest BCUT2D eigenvalue weighted by atomic mass is 9.99. The molecule has 3 rings (SSSR count). The molecule has 8 heteroatoms.